The molecule has 1 fully saturated rings. The van der Waals surface area contributed by atoms with Crippen molar-refractivity contribution in [2.75, 3.05) is 46.0 Å². The Morgan fingerprint density at radius 2 is 1.89 bits per heavy atom. The molecule has 0 aliphatic carbocycles. The lowest BCUT2D eigenvalue weighted by Gasteiger charge is -2.26. The first-order chi connectivity index (χ1) is 13.1. The number of benzene rings is 1. The van der Waals surface area contributed by atoms with Crippen LogP contribution < -0.4 is 25.6 Å². The molecule has 1 aliphatic rings. The molecular formula is C18H28N4O4S. The van der Waals surface area contributed by atoms with E-state index < -0.39 is 6.10 Å². The summed E-state index contributed by atoms with van der Waals surface area (Å²) in [4.78, 5) is 14.4. The van der Waals surface area contributed by atoms with Gasteiger partial charge in [-0.1, -0.05) is 0 Å². The standard InChI is InChI=1S/C18H28N4O4S/c1-3-25-15-4-6-16(7-5-15)26-14(2)17(23)20-21-18(27)19-8-9-22-10-12-24-13-11-22/h4-7,14H,3,8-13H2,1-2H3,(H,20,23)(H2,19,21,27)/t14-/m1/s1. The van der Waals surface area contributed by atoms with E-state index in [-0.39, 0.29) is 5.91 Å². The third kappa shape index (κ3) is 7.98. The number of thiocarbonyl (C=S) groups is 1. The number of nitrogens with one attached hydrogen (secondary N) is 3. The van der Waals surface area contributed by atoms with Crippen molar-refractivity contribution in [3.05, 3.63) is 24.3 Å². The maximum atomic E-state index is 12.1. The summed E-state index contributed by atoms with van der Waals surface area (Å²) in [5, 5.41) is 3.43. The minimum atomic E-state index is -0.674. The molecule has 0 aromatic heterocycles. The predicted molar refractivity (Wildman–Crippen MR) is 107 cm³/mol. The number of amides is 1. The van der Waals surface area contributed by atoms with Crippen molar-refractivity contribution in [1.29, 1.82) is 0 Å². The number of morpholine rings is 1. The zero-order valence-electron chi connectivity index (χ0n) is 15.8. The third-order valence-electron chi connectivity index (χ3n) is 3.93. The summed E-state index contributed by atoms with van der Waals surface area (Å²) in [6.45, 7) is 9.16. The number of ether oxygens (including phenoxy) is 3. The molecule has 1 amide bonds. The van der Waals surface area contributed by atoms with E-state index in [0.717, 1.165) is 38.6 Å². The molecule has 8 nitrogen and oxygen atoms in total. The van der Waals surface area contributed by atoms with Crippen LogP contribution in [0.15, 0.2) is 24.3 Å². The molecule has 0 saturated carbocycles. The van der Waals surface area contributed by atoms with Gasteiger partial charge >= 0.3 is 0 Å². The summed E-state index contributed by atoms with van der Waals surface area (Å²) >= 11 is 5.16. The fraction of sp³-hybridized carbons (Fsp3) is 0.556. The molecule has 1 heterocycles. The maximum absolute atomic E-state index is 12.1. The second-order valence-electron chi connectivity index (χ2n) is 5.99. The zero-order chi connectivity index (χ0) is 19.5. The first-order valence-corrected chi connectivity index (χ1v) is 9.52. The monoisotopic (exact) mass is 396 g/mol. The molecule has 0 unspecified atom stereocenters. The molecule has 0 bridgehead atoms. The lowest BCUT2D eigenvalue weighted by Crippen LogP contribution is -2.51. The van der Waals surface area contributed by atoms with Crippen LogP contribution in [0.5, 0.6) is 11.5 Å². The van der Waals surface area contributed by atoms with Crippen molar-refractivity contribution in [3.63, 3.8) is 0 Å². The Morgan fingerprint density at radius 1 is 1.22 bits per heavy atom. The van der Waals surface area contributed by atoms with Crippen LogP contribution in [0.4, 0.5) is 0 Å². The second-order valence-corrected chi connectivity index (χ2v) is 6.40. The lowest BCUT2D eigenvalue weighted by atomic mass is 10.3. The van der Waals surface area contributed by atoms with Gasteiger partial charge in [-0.2, -0.15) is 0 Å². The largest absolute Gasteiger partial charge is 0.494 e. The molecule has 3 N–H and O–H groups in total. The number of rotatable bonds is 8. The van der Waals surface area contributed by atoms with Gasteiger partial charge in [-0.05, 0) is 50.3 Å². The van der Waals surface area contributed by atoms with Gasteiger partial charge in [-0.15, -0.1) is 0 Å². The lowest BCUT2D eigenvalue weighted by molar-refractivity contribution is -0.127. The topological polar surface area (TPSA) is 84.1 Å². The average Bonchev–Trinajstić information content (AvgIpc) is 2.68. The highest BCUT2D eigenvalue weighted by molar-refractivity contribution is 7.80. The summed E-state index contributed by atoms with van der Waals surface area (Å²) < 4.78 is 16.3. The summed E-state index contributed by atoms with van der Waals surface area (Å²) in [7, 11) is 0. The summed E-state index contributed by atoms with van der Waals surface area (Å²) in [6.07, 6.45) is -0.674. The fourth-order valence-corrected chi connectivity index (χ4v) is 2.61. The van der Waals surface area contributed by atoms with Gasteiger partial charge in [0.05, 0.1) is 19.8 Å². The van der Waals surface area contributed by atoms with Gasteiger partial charge < -0.3 is 19.5 Å². The summed E-state index contributed by atoms with van der Waals surface area (Å²) in [5.74, 6) is 1.03. The molecule has 150 valence electrons. The normalized spacial score (nSPS) is 15.5. The number of nitrogens with zero attached hydrogens (tertiary/aromatic N) is 1. The minimum Gasteiger partial charge on any atom is -0.494 e. The van der Waals surface area contributed by atoms with Crippen LogP contribution in [0, 0.1) is 0 Å². The van der Waals surface area contributed by atoms with E-state index in [1.165, 1.54) is 0 Å². The van der Waals surface area contributed by atoms with E-state index in [9.17, 15) is 4.79 Å². The van der Waals surface area contributed by atoms with Gasteiger partial charge in [-0.25, -0.2) is 0 Å². The first kappa shape index (κ1) is 21.2. The number of carbonyl (C=O) groups is 1. The average molecular weight is 397 g/mol. The van der Waals surface area contributed by atoms with Crippen molar-refractivity contribution in [3.8, 4) is 11.5 Å². The van der Waals surface area contributed by atoms with Crippen LogP contribution in [-0.2, 0) is 9.53 Å². The molecule has 9 heteroatoms. The first-order valence-electron chi connectivity index (χ1n) is 9.11. The maximum Gasteiger partial charge on any atom is 0.279 e. The molecule has 2 rings (SSSR count). The van der Waals surface area contributed by atoms with E-state index in [1.807, 2.05) is 6.92 Å². The Labute approximate surface area is 165 Å². The number of hydrogen-bond acceptors (Lipinski definition) is 6. The van der Waals surface area contributed by atoms with E-state index in [4.69, 9.17) is 26.4 Å². The molecule has 1 aromatic carbocycles. The minimum absolute atomic E-state index is 0.318. The van der Waals surface area contributed by atoms with Crippen molar-refractivity contribution in [1.82, 2.24) is 21.1 Å². The van der Waals surface area contributed by atoms with Crippen LogP contribution in [0.3, 0.4) is 0 Å². The zero-order valence-corrected chi connectivity index (χ0v) is 16.6. The van der Waals surface area contributed by atoms with E-state index in [0.29, 0.717) is 24.0 Å². The van der Waals surface area contributed by atoms with Crippen LogP contribution in [0.25, 0.3) is 0 Å². The van der Waals surface area contributed by atoms with Crippen molar-refractivity contribution >= 4 is 23.2 Å². The van der Waals surface area contributed by atoms with E-state index in [1.54, 1.807) is 31.2 Å². The number of hydrogen-bond donors (Lipinski definition) is 3. The summed E-state index contributed by atoms with van der Waals surface area (Å²) in [5.41, 5.74) is 5.24. The molecule has 1 saturated heterocycles. The van der Waals surface area contributed by atoms with Gasteiger partial charge in [0, 0.05) is 26.2 Å². The predicted octanol–water partition coefficient (Wildman–Crippen LogP) is 0.680. The van der Waals surface area contributed by atoms with E-state index in [2.05, 4.69) is 21.1 Å². The quantitative estimate of drug-likeness (QED) is 0.437. The molecule has 0 spiro atoms. The Kier molecular flexibility index (Phi) is 9.09. The van der Waals surface area contributed by atoms with Crippen LogP contribution in [0.1, 0.15) is 13.8 Å². The SMILES string of the molecule is CCOc1ccc(O[C@H](C)C(=O)NNC(=S)NCCN2CCOCC2)cc1. The second kappa shape index (κ2) is 11.6. The third-order valence-corrected chi connectivity index (χ3v) is 4.18. The molecule has 1 atom stereocenters. The van der Waals surface area contributed by atoms with Crippen LogP contribution >= 0.6 is 12.2 Å². The Hall–Kier alpha value is -2.10. The van der Waals surface area contributed by atoms with Crippen LogP contribution in [-0.4, -0.2) is 68.0 Å². The molecule has 1 aromatic rings. The van der Waals surface area contributed by atoms with Gasteiger partial charge in [0.1, 0.15) is 11.5 Å². The smallest absolute Gasteiger partial charge is 0.279 e. The van der Waals surface area contributed by atoms with Crippen molar-refractivity contribution in [2.45, 2.75) is 20.0 Å². The van der Waals surface area contributed by atoms with Crippen LogP contribution in [0.2, 0.25) is 0 Å². The fourth-order valence-electron chi connectivity index (χ4n) is 2.46. The molecular weight excluding hydrogens is 368 g/mol. The van der Waals surface area contributed by atoms with E-state index >= 15 is 0 Å². The van der Waals surface area contributed by atoms with Crippen molar-refractivity contribution < 1.29 is 19.0 Å². The van der Waals surface area contributed by atoms with Gasteiger partial charge in [-0.3, -0.25) is 20.5 Å². The van der Waals surface area contributed by atoms with Gasteiger partial charge in [0.15, 0.2) is 11.2 Å². The summed E-state index contributed by atoms with van der Waals surface area (Å²) in [6, 6.07) is 7.13. The highest BCUT2D eigenvalue weighted by Gasteiger charge is 2.15. The molecule has 27 heavy (non-hydrogen) atoms. The van der Waals surface area contributed by atoms with Gasteiger partial charge in [0.25, 0.3) is 5.91 Å². The Bertz CT molecular complexity index is 594. The van der Waals surface area contributed by atoms with Gasteiger partial charge in [0.2, 0.25) is 0 Å². The highest BCUT2D eigenvalue weighted by atomic mass is 32.1. The Morgan fingerprint density at radius 3 is 2.56 bits per heavy atom. The van der Waals surface area contributed by atoms with Crippen molar-refractivity contribution in [2.24, 2.45) is 0 Å². The highest BCUT2D eigenvalue weighted by Crippen LogP contribution is 2.18. The molecule has 0 radical (unpaired) electrons. The number of carbonyl (C=O) groups excluding carboxylic acids is 1. The Balaban J connectivity index is 1.62. The number of hydrazine groups is 1. The molecule has 1 aliphatic heterocycles.